The first-order valence-corrected chi connectivity index (χ1v) is 10.5. The van der Waals surface area contributed by atoms with Crippen LogP contribution in [0, 0.1) is 5.92 Å². The second-order valence-electron chi connectivity index (χ2n) is 7.47. The third-order valence-corrected chi connectivity index (χ3v) is 4.69. The molecule has 0 aliphatic rings. The Morgan fingerprint density at radius 2 is 0.903 bits per heavy atom. The van der Waals surface area contributed by atoms with Gasteiger partial charge in [-0.3, -0.25) is 0 Å². The van der Waals surface area contributed by atoms with Crippen molar-refractivity contribution in [1.29, 1.82) is 0 Å². The van der Waals surface area contributed by atoms with Crippen LogP contribution in [0.2, 0.25) is 0 Å². The molecular weight excluding hydrogens is 384 g/mol. The monoisotopic (exact) mass is 416 g/mol. The predicted octanol–water partition coefficient (Wildman–Crippen LogP) is 6.04. The lowest BCUT2D eigenvalue weighted by atomic mass is 10.0. The molecule has 3 atom stereocenters. The SMILES string of the molecule is CC(C=O)Cc1ccccc1.CC(C=O)c1ccccc1.CC(C=O)c1ccccc1. The molecule has 0 amide bonds. The van der Waals surface area contributed by atoms with Crippen LogP contribution in [0.15, 0.2) is 91.0 Å². The summed E-state index contributed by atoms with van der Waals surface area (Å²) in [5.41, 5.74) is 3.39. The number of aldehydes is 3. The van der Waals surface area contributed by atoms with Gasteiger partial charge in [0, 0.05) is 17.8 Å². The van der Waals surface area contributed by atoms with E-state index >= 15 is 0 Å². The average Bonchev–Trinajstić information content (AvgIpc) is 2.85. The fourth-order valence-corrected chi connectivity index (χ4v) is 2.70. The summed E-state index contributed by atoms with van der Waals surface area (Å²) in [6.07, 6.45) is 3.75. The first-order chi connectivity index (χ1) is 15.0. The molecule has 3 aromatic carbocycles. The molecule has 162 valence electrons. The molecule has 3 aromatic rings. The molecule has 0 aliphatic heterocycles. The van der Waals surface area contributed by atoms with Gasteiger partial charge in [-0.15, -0.1) is 0 Å². The fraction of sp³-hybridized carbons (Fsp3) is 0.250. The number of hydrogen-bond donors (Lipinski definition) is 0. The number of carbonyl (C=O) groups is 3. The zero-order chi connectivity index (χ0) is 22.9. The lowest BCUT2D eigenvalue weighted by molar-refractivity contribution is -0.111. The van der Waals surface area contributed by atoms with Crippen LogP contribution in [0.3, 0.4) is 0 Å². The van der Waals surface area contributed by atoms with E-state index in [4.69, 9.17) is 0 Å². The summed E-state index contributed by atoms with van der Waals surface area (Å²) < 4.78 is 0. The van der Waals surface area contributed by atoms with E-state index in [1.165, 1.54) is 5.56 Å². The van der Waals surface area contributed by atoms with Crippen molar-refractivity contribution >= 4 is 18.9 Å². The summed E-state index contributed by atoms with van der Waals surface area (Å²) in [5, 5.41) is 0. The Kier molecular flexibility index (Phi) is 12.9. The molecule has 0 N–H and O–H groups in total. The molecule has 0 radical (unpaired) electrons. The summed E-state index contributed by atoms with van der Waals surface area (Å²) in [6, 6.07) is 29.5. The van der Waals surface area contributed by atoms with Gasteiger partial charge in [-0.1, -0.05) is 112 Å². The summed E-state index contributed by atoms with van der Waals surface area (Å²) in [7, 11) is 0. The minimum absolute atomic E-state index is 0.0289. The maximum Gasteiger partial charge on any atom is 0.127 e. The highest BCUT2D eigenvalue weighted by Gasteiger charge is 2.01. The lowest BCUT2D eigenvalue weighted by Crippen LogP contribution is -1.99. The van der Waals surface area contributed by atoms with Crippen LogP contribution >= 0.6 is 0 Å². The molecule has 0 spiro atoms. The van der Waals surface area contributed by atoms with Crippen LogP contribution in [0.5, 0.6) is 0 Å². The first kappa shape index (κ1) is 25.7. The van der Waals surface area contributed by atoms with Crippen molar-refractivity contribution in [3.05, 3.63) is 108 Å². The van der Waals surface area contributed by atoms with Gasteiger partial charge in [-0.25, -0.2) is 0 Å². The molecule has 0 fully saturated rings. The third-order valence-electron chi connectivity index (χ3n) is 4.69. The van der Waals surface area contributed by atoms with Crippen molar-refractivity contribution in [2.75, 3.05) is 0 Å². The van der Waals surface area contributed by atoms with E-state index in [1.807, 2.05) is 112 Å². The van der Waals surface area contributed by atoms with Gasteiger partial charge >= 0.3 is 0 Å². The topological polar surface area (TPSA) is 51.2 Å². The second-order valence-corrected chi connectivity index (χ2v) is 7.47. The zero-order valence-corrected chi connectivity index (χ0v) is 18.6. The quantitative estimate of drug-likeness (QED) is 0.441. The van der Waals surface area contributed by atoms with E-state index in [0.717, 1.165) is 36.4 Å². The lowest BCUT2D eigenvalue weighted by Gasteiger charge is -2.01. The van der Waals surface area contributed by atoms with Gasteiger partial charge in [0.2, 0.25) is 0 Å². The standard InChI is InChI=1S/C10H12O.2C9H10O/c1-9(8-11)7-10-5-3-2-4-6-10;2*1-8(7-10)9-5-3-2-4-6-9/h2-6,8-9H,7H2,1H3;2*2-8H,1H3. The molecule has 3 nitrogen and oxygen atoms in total. The van der Waals surface area contributed by atoms with Crippen LogP contribution < -0.4 is 0 Å². The molecule has 0 aliphatic carbocycles. The summed E-state index contributed by atoms with van der Waals surface area (Å²) in [6.45, 7) is 5.71. The van der Waals surface area contributed by atoms with Crippen molar-refractivity contribution in [3.8, 4) is 0 Å². The molecular formula is C28H32O3. The highest BCUT2D eigenvalue weighted by molar-refractivity contribution is 5.61. The Morgan fingerprint density at radius 1 is 0.548 bits per heavy atom. The maximum absolute atomic E-state index is 10.3. The Hall–Kier alpha value is -3.33. The molecule has 3 unspecified atom stereocenters. The van der Waals surface area contributed by atoms with Crippen LogP contribution in [0.25, 0.3) is 0 Å². The molecule has 0 saturated carbocycles. The first-order valence-electron chi connectivity index (χ1n) is 10.5. The van der Waals surface area contributed by atoms with Gasteiger partial charge in [0.25, 0.3) is 0 Å². The van der Waals surface area contributed by atoms with E-state index < -0.39 is 0 Å². The number of carbonyl (C=O) groups excluding carboxylic acids is 3. The van der Waals surface area contributed by atoms with Crippen LogP contribution in [-0.4, -0.2) is 18.9 Å². The van der Waals surface area contributed by atoms with Gasteiger partial charge in [0.15, 0.2) is 0 Å². The van der Waals surface area contributed by atoms with Gasteiger partial charge in [0.05, 0.1) is 0 Å². The van der Waals surface area contributed by atoms with Crippen molar-refractivity contribution in [1.82, 2.24) is 0 Å². The summed E-state index contributed by atoms with van der Waals surface area (Å²) in [5.74, 6) is 0.194. The van der Waals surface area contributed by atoms with Crippen molar-refractivity contribution in [2.45, 2.75) is 39.0 Å². The van der Waals surface area contributed by atoms with Crippen molar-refractivity contribution in [2.24, 2.45) is 5.92 Å². The minimum atomic E-state index is 0.0289. The molecule has 0 bridgehead atoms. The highest BCUT2D eigenvalue weighted by Crippen LogP contribution is 2.11. The molecule has 3 heteroatoms. The smallest absolute Gasteiger partial charge is 0.127 e. The molecule has 3 rings (SSSR count). The normalized spacial score (nSPS) is 12.5. The Bertz CT molecular complexity index is 811. The largest absolute Gasteiger partial charge is 0.303 e. The van der Waals surface area contributed by atoms with E-state index in [1.54, 1.807) is 0 Å². The van der Waals surface area contributed by atoms with Gasteiger partial charge in [-0.2, -0.15) is 0 Å². The van der Waals surface area contributed by atoms with E-state index in [9.17, 15) is 14.4 Å². The molecule has 0 aromatic heterocycles. The van der Waals surface area contributed by atoms with Crippen LogP contribution in [0.1, 0.15) is 49.3 Å². The van der Waals surface area contributed by atoms with Crippen molar-refractivity contribution in [3.63, 3.8) is 0 Å². The van der Waals surface area contributed by atoms with E-state index in [0.29, 0.717) is 0 Å². The average molecular weight is 417 g/mol. The predicted molar refractivity (Wildman–Crippen MR) is 127 cm³/mol. The summed E-state index contributed by atoms with van der Waals surface area (Å²) in [4.78, 5) is 30.9. The molecule has 0 heterocycles. The second kappa shape index (κ2) is 15.5. The fourth-order valence-electron chi connectivity index (χ4n) is 2.70. The molecule has 31 heavy (non-hydrogen) atoms. The van der Waals surface area contributed by atoms with E-state index in [-0.39, 0.29) is 17.8 Å². The summed E-state index contributed by atoms with van der Waals surface area (Å²) >= 11 is 0. The van der Waals surface area contributed by atoms with Crippen molar-refractivity contribution < 1.29 is 14.4 Å². The van der Waals surface area contributed by atoms with Gasteiger partial charge in [0.1, 0.15) is 18.9 Å². The van der Waals surface area contributed by atoms with Gasteiger partial charge < -0.3 is 14.4 Å². The number of rotatable bonds is 7. The van der Waals surface area contributed by atoms with Gasteiger partial charge in [-0.05, 0) is 23.1 Å². The molecule has 0 saturated heterocycles. The van der Waals surface area contributed by atoms with Crippen LogP contribution in [-0.2, 0) is 20.8 Å². The maximum atomic E-state index is 10.3. The zero-order valence-electron chi connectivity index (χ0n) is 18.6. The number of hydrogen-bond acceptors (Lipinski definition) is 3. The minimum Gasteiger partial charge on any atom is -0.303 e. The number of benzene rings is 3. The van der Waals surface area contributed by atoms with E-state index in [2.05, 4.69) is 0 Å². The third kappa shape index (κ3) is 10.9. The Balaban J connectivity index is 0.000000233. The Labute approximate surface area is 186 Å². The van der Waals surface area contributed by atoms with Crippen LogP contribution in [0.4, 0.5) is 0 Å². The Morgan fingerprint density at radius 3 is 1.23 bits per heavy atom. The highest BCUT2D eigenvalue weighted by atomic mass is 16.1.